The number of amides is 3. The third kappa shape index (κ3) is 8.09. The van der Waals surface area contributed by atoms with Gasteiger partial charge in [-0.05, 0) is 101 Å². The number of aryl methyl sites for hydroxylation is 2. The molecule has 3 aromatic rings. The van der Waals surface area contributed by atoms with E-state index in [1.165, 1.54) is 0 Å². The lowest BCUT2D eigenvalue weighted by molar-refractivity contribution is -0.147. The third-order valence-electron chi connectivity index (χ3n) is 6.94. The van der Waals surface area contributed by atoms with Gasteiger partial charge < -0.3 is 20.3 Å². The fourth-order valence-corrected chi connectivity index (χ4v) is 4.77. The molecule has 0 heterocycles. The fraction of sp³-hybridized carbons (Fsp3) is 0.441. The highest BCUT2D eigenvalue weighted by Gasteiger charge is 2.42. The van der Waals surface area contributed by atoms with Crippen LogP contribution >= 0.6 is 0 Å². The molecule has 3 aromatic carbocycles. The average Bonchev–Trinajstić information content (AvgIpc) is 2.85. The SMILES string of the molecule is Cc1ccc(C(C(=O)Nc2ccc3ccccc3c2)N(C(=O)C(NC(=O)OC(C)(C)C)C(C)C)C(C)(C)C)cc1C. The summed E-state index contributed by atoms with van der Waals surface area (Å²) < 4.78 is 5.47. The minimum Gasteiger partial charge on any atom is -0.444 e. The molecule has 3 amide bonds. The van der Waals surface area contributed by atoms with E-state index in [0.29, 0.717) is 11.3 Å². The average molecular weight is 560 g/mol. The predicted octanol–water partition coefficient (Wildman–Crippen LogP) is 7.31. The molecule has 0 saturated carbocycles. The highest BCUT2D eigenvalue weighted by molar-refractivity contribution is 6.00. The number of ether oxygens (including phenoxy) is 1. The van der Waals surface area contributed by atoms with Gasteiger partial charge in [-0.3, -0.25) is 9.59 Å². The van der Waals surface area contributed by atoms with Crippen LogP contribution in [0.3, 0.4) is 0 Å². The van der Waals surface area contributed by atoms with Crippen LogP contribution in [0.25, 0.3) is 10.8 Å². The molecule has 2 N–H and O–H groups in total. The molecule has 0 radical (unpaired) electrons. The van der Waals surface area contributed by atoms with Gasteiger partial charge in [0, 0.05) is 11.2 Å². The van der Waals surface area contributed by atoms with Gasteiger partial charge in [-0.1, -0.05) is 62.4 Å². The van der Waals surface area contributed by atoms with Gasteiger partial charge in [0.15, 0.2) is 0 Å². The highest BCUT2D eigenvalue weighted by atomic mass is 16.6. The van der Waals surface area contributed by atoms with Crippen LogP contribution in [0.15, 0.2) is 60.7 Å². The Morgan fingerprint density at radius 1 is 0.805 bits per heavy atom. The molecule has 7 nitrogen and oxygen atoms in total. The Balaban J connectivity index is 2.09. The summed E-state index contributed by atoms with van der Waals surface area (Å²) in [5, 5.41) is 7.91. The second-order valence-corrected chi connectivity index (χ2v) is 13.0. The maximum absolute atomic E-state index is 14.4. The molecule has 0 aliphatic carbocycles. The van der Waals surface area contributed by atoms with Gasteiger partial charge in [0.25, 0.3) is 5.91 Å². The van der Waals surface area contributed by atoms with Crippen molar-refractivity contribution in [1.82, 2.24) is 10.2 Å². The maximum Gasteiger partial charge on any atom is 0.408 e. The monoisotopic (exact) mass is 559 g/mol. The number of rotatable bonds is 7. The topological polar surface area (TPSA) is 87.7 Å². The van der Waals surface area contributed by atoms with E-state index in [4.69, 9.17) is 4.74 Å². The summed E-state index contributed by atoms with van der Waals surface area (Å²) in [4.78, 5) is 43.0. The summed E-state index contributed by atoms with van der Waals surface area (Å²) in [6.45, 7) is 18.7. The molecule has 41 heavy (non-hydrogen) atoms. The van der Waals surface area contributed by atoms with Crippen molar-refractivity contribution in [1.29, 1.82) is 0 Å². The molecule has 0 aliphatic heterocycles. The first-order chi connectivity index (χ1) is 19.0. The molecule has 0 aromatic heterocycles. The lowest BCUT2D eigenvalue weighted by atomic mass is 9.92. The van der Waals surface area contributed by atoms with Crippen molar-refractivity contribution in [2.45, 2.75) is 92.5 Å². The summed E-state index contributed by atoms with van der Waals surface area (Å²) in [7, 11) is 0. The van der Waals surface area contributed by atoms with Crippen molar-refractivity contribution >= 4 is 34.4 Å². The van der Waals surface area contributed by atoms with E-state index >= 15 is 0 Å². The zero-order valence-corrected chi connectivity index (χ0v) is 26.1. The van der Waals surface area contributed by atoms with Gasteiger partial charge in [-0.2, -0.15) is 0 Å². The predicted molar refractivity (Wildman–Crippen MR) is 166 cm³/mol. The normalized spacial score (nSPS) is 13.4. The van der Waals surface area contributed by atoms with Gasteiger partial charge >= 0.3 is 6.09 Å². The molecule has 3 rings (SSSR count). The molecule has 0 bridgehead atoms. The second kappa shape index (κ2) is 12.3. The zero-order valence-electron chi connectivity index (χ0n) is 26.1. The molecule has 220 valence electrons. The Hall–Kier alpha value is -3.87. The summed E-state index contributed by atoms with van der Waals surface area (Å²) in [6, 6.07) is 17.6. The van der Waals surface area contributed by atoms with Gasteiger partial charge in [0.05, 0.1) is 0 Å². The van der Waals surface area contributed by atoms with Crippen LogP contribution in [0.1, 0.15) is 78.1 Å². The van der Waals surface area contributed by atoms with Crippen LogP contribution in [0.5, 0.6) is 0 Å². The minimum absolute atomic E-state index is 0.260. The summed E-state index contributed by atoms with van der Waals surface area (Å²) in [5.74, 6) is -0.967. The molecule has 0 saturated heterocycles. The van der Waals surface area contributed by atoms with E-state index < -0.39 is 29.3 Å². The van der Waals surface area contributed by atoms with Gasteiger partial charge in [0.2, 0.25) is 5.91 Å². The first-order valence-electron chi connectivity index (χ1n) is 14.2. The van der Waals surface area contributed by atoms with Gasteiger partial charge in [-0.15, -0.1) is 0 Å². The number of anilines is 1. The number of carbonyl (C=O) groups is 3. The van der Waals surface area contributed by atoms with Crippen LogP contribution < -0.4 is 10.6 Å². The summed E-state index contributed by atoms with van der Waals surface area (Å²) in [5.41, 5.74) is 1.93. The van der Waals surface area contributed by atoms with Crippen LogP contribution in [-0.2, 0) is 14.3 Å². The molecule has 0 fully saturated rings. The van der Waals surface area contributed by atoms with E-state index in [1.807, 2.05) is 109 Å². The molecule has 2 unspecified atom stereocenters. The summed E-state index contributed by atoms with van der Waals surface area (Å²) >= 11 is 0. The van der Waals surface area contributed by atoms with Crippen molar-refractivity contribution in [3.05, 3.63) is 77.4 Å². The molecule has 7 heteroatoms. The van der Waals surface area contributed by atoms with Crippen LogP contribution in [0.2, 0.25) is 0 Å². The number of nitrogens with one attached hydrogen (secondary N) is 2. The van der Waals surface area contributed by atoms with Crippen molar-refractivity contribution in [3.63, 3.8) is 0 Å². The van der Waals surface area contributed by atoms with Gasteiger partial charge in [-0.25, -0.2) is 4.79 Å². The number of benzene rings is 3. The van der Waals surface area contributed by atoms with E-state index in [-0.39, 0.29) is 17.7 Å². The van der Waals surface area contributed by atoms with Crippen molar-refractivity contribution in [2.24, 2.45) is 5.92 Å². The van der Waals surface area contributed by atoms with E-state index in [2.05, 4.69) is 10.6 Å². The second-order valence-electron chi connectivity index (χ2n) is 13.0. The minimum atomic E-state index is -0.963. The molecule has 0 spiro atoms. The smallest absolute Gasteiger partial charge is 0.408 e. The Morgan fingerprint density at radius 2 is 1.44 bits per heavy atom. The van der Waals surface area contributed by atoms with Crippen LogP contribution in [-0.4, -0.2) is 40.0 Å². The molecular weight excluding hydrogens is 514 g/mol. The quantitative estimate of drug-likeness (QED) is 0.318. The lowest BCUT2D eigenvalue weighted by Gasteiger charge is -2.43. The fourth-order valence-electron chi connectivity index (χ4n) is 4.77. The molecule has 2 atom stereocenters. The number of carbonyl (C=O) groups excluding carboxylic acids is 3. The first kappa shape index (κ1) is 31.7. The van der Waals surface area contributed by atoms with Crippen LogP contribution in [0, 0.1) is 19.8 Å². The number of hydrogen-bond acceptors (Lipinski definition) is 4. The maximum atomic E-state index is 14.4. The standard InChI is InChI=1S/C34H45N3O4/c1-21(2)28(36-32(40)41-34(8,9)10)31(39)37(33(5,6)7)29(26-16-15-22(3)23(4)19-26)30(38)35-27-18-17-24-13-11-12-14-25(24)20-27/h11-21,28-29H,1-10H3,(H,35,38)(H,36,40). The van der Waals surface area contributed by atoms with Crippen molar-refractivity contribution in [3.8, 4) is 0 Å². The largest absolute Gasteiger partial charge is 0.444 e. The Kier molecular flexibility index (Phi) is 9.52. The molecular formula is C34H45N3O4. The summed E-state index contributed by atoms with van der Waals surface area (Å²) in [6.07, 6.45) is -0.679. The Bertz CT molecular complexity index is 1420. The third-order valence-corrected chi connectivity index (χ3v) is 6.94. The zero-order chi connectivity index (χ0) is 30.7. The van der Waals surface area contributed by atoms with E-state index in [1.54, 1.807) is 25.7 Å². The van der Waals surface area contributed by atoms with Crippen molar-refractivity contribution in [2.75, 3.05) is 5.32 Å². The first-order valence-corrected chi connectivity index (χ1v) is 14.2. The number of hydrogen-bond donors (Lipinski definition) is 2. The number of nitrogens with zero attached hydrogens (tertiary/aromatic N) is 1. The Labute approximate surface area is 244 Å². The number of alkyl carbamates (subject to hydrolysis) is 1. The van der Waals surface area contributed by atoms with E-state index in [0.717, 1.165) is 21.9 Å². The Morgan fingerprint density at radius 3 is 2.00 bits per heavy atom. The van der Waals surface area contributed by atoms with Crippen molar-refractivity contribution < 1.29 is 19.1 Å². The van der Waals surface area contributed by atoms with Crippen LogP contribution in [0.4, 0.5) is 10.5 Å². The highest BCUT2D eigenvalue weighted by Crippen LogP contribution is 2.33. The van der Waals surface area contributed by atoms with Gasteiger partial charge in [0.1, 0.15) is 17.7 Å². The number of fused-ring (bicyclic) bond motifs is 1. The molecule has 0 aliphatic rings. The van der Waals surface area contributed by atoms with E-state index in [9.17, 15) is 14.4 Å². The lowest BCUT2D eigenvalue weighted by Crippen LogP contribution is -2.59.